The number of pyridine rings is 1. The second-order valence-electron chi connectivity index (χ2n) is 4.32. The first-order valence-corrected chi connectivity index (χ1v) is 8.21. The van der Waals surface area contributed by atoms with E-state index in [-0.39, 0.29) is 11.7 Å². The summed E-state index contributed by atoms with van der Waals surface area (Å²) in [6.07, 6.45) is 1.45. The molecule has 0 fully saturated rings. The molecule has 1 amide bonds. The molecular formula is C16H16BrClF2N2O2. The van der Waals surface area contributed by atoms with E-state index in [1.807, 2.05) is 13.8 Å². The summed E-state index contributed by atoms with van der Waals surface area (Å²) in [6.45, 7) is 5.80. The minimum absolute atomic E-state index is 0.113. The van der Waals surface area contributed by atoms with E-state index in [0.717, 1.165) is 5.69 Å². The van der Waals surface area contributed by atoms with Gasteiger partial charge in [-0.25, -0.2) is 0 Å². The largest absolute Gasteiger partial charge is 0.487 e. The standard InChI is InChI=1S/C14H10BrClF2N2O2.C2H6/c1-8-12(15)6-9(7-19-8)13(21)20-10-2-4-11(5-3-10)22-14(16,17)18;1-2/h2-7H,1H3,(H,20,21);1-2H3. The third kappa shape index (κ3) is 6.41. The molecule has 0 aliphatic heterocycles. The summed E-state index contributed by atoms with van der Waals surface area (Å²) in [7, 11) is 0. The van der Waals surface area contributed by atoms with Gasteiger partial charge in [0.15, 0.2) is 0 Å². The van der Waals surface area contributed by atoms with E-state index in [2.05, 4.69) is 42.6 Å². The number of alkyl halides is 3. The van der Waals surface area contributed by atoms with Crippen LogP contribution in [0.25, 0.3) is 0 Å². The molecule has 1 N–H and O–H groups in total. The van der Waals surface area contributed by atoms with Crippen LogP contribution in [0.2, 0.25) is 0 Å². The molecule has 0 spiro atoms. The lowest BCUT2D eigenvalue weighted by atomic mass is 10.2. The number of amides is 1. The predicted octanol–water partition coefficient (Wildman–Crippen LogP) is 5.60. The average Bonchev–Trinajstić information content (AvgIpc) is 2.52. The Labute approximate surface area is 152 Å². The summed E-state index contributed by atoms with van der Waals surface area (Å²) in [6, 6.07) is 7.03. The number of hydrogen-bond donors (Lipinski definition) is 1. The highest BCUT2D eigenvalue weighted by molar-refractivity contribution is 9.10. The molecule has 1 aromatic heterocycles. The van der Waals surface area contributed by atoms with Gasteiger partial charge in [0.2, 0.25) is 0 Å². The molecule has 2 rings (SSSR count). The van der Waals surface area contributed by atoms with Crippen LogP contribution in [0.4, 0.5) is 14.5 Å². The molecule has 0 unspecified atom stereocenters. The molecule has 0 bridgehead atoms. The number of nitrogens with one attached hydrogen (secondary N) is 1. The highest BCUT2D eigenvalue weighted by Crippen LogP contribution is 2.26. The second kappa shape index (κ2) is 8.94. The second-order valence-corrected chi connectivity index (χ2v) is 5.61. The van der Waals surface area contributed by atoms with Crippen molar-refractivity contribution in [1.29, 1.82) is 0 Å². The van der Waals surface area contributed by atoms with Crippen LogP contribution < -0.4 is 10.1 Å². The molecule has 0 saturated heterocycles. The van der Waals surface area contributed by atoms with Gasteiger partial charge in [0.05, 0.1) is 11.3 Å². The van der Waals surface area contributed by atoms with Gasteiger partial charge >= 0.3 is 5.57 Å². The third-order valence-corrected chi connectivity index (χ3v) is 3.51. The number of halogens is 4. The minimum atomic E-state index is -3.77. The van der Waals surface area contributed by atoms with Gasteiger partial charge < -0.3 is 10.1 Å². The topological polar surface area (TPSA) is 51.2 Å². The minimum Gasteiger partial charge on any atom is -0.420 e. The van der Waals surface area contributed by atoms with E-state index in [9.17, 15) is 13.6 Å². The zero-order valence-electron chi connectivity index (χ0n) is 13.2. The highest BCUT2D eigenvalue weighted by Gasteiger charge is 2.27. The van der Waals surface area contributed by atoms with Crippen molar-refractivity contribution in [3.05, 3.63) is 52.3 Å². The summed E-state index contributed by atoms with van der Waals surface area (Å²) in [5, 5.41) is 2.62. The van der Waals surface area contributed by atoms with Crippen molar-refractivity contribution in [1.82, 2.24) is 4.98 Å². The average molecular weight is 422 g/mol. The quantitative estimate of drug-likeness (QED) is 0.654. The first-order valence-electron chi connectivity index (χ1n) is 7.04. The number of aryl methyl sites for hydroxylation is 1. The van der Waals surface area contributed by atoms with Crippen LogP contribution in [0.15, 0.2) is 41.0 Å². The van der Waals surface area contributed by atoms with E-state index < -0.39 is 5.57 Å². The SMILES string of the molecule is CC.Cc1ncc(C(=O)Nc2ccc(OC(F)(F)Cl)cc2)cc1Br. The van der Waals surface area contributed by atoms with Crippen LogP contribution in [0.1, 0.15) is 29.9 Å². The lowest BCUT2D eigenvalue weighted by Crippen LogP contribution is -2.16. The fourth-order valence-electron chi connectivity index (χ4n) is 1.57. The van der Waals surface area contributed by atoms with Gasteiger partial charge in [-0.2, -0.15) is 0 Å². The molecule has 4 nitrogen and oxygen atoms in total. The Bertz CT molecular complexity index is 691. The van der Waals surface area contributed by atoms with E-state index in [4.69, 9.17) is 0 Å². The lowest BCUT2D eigenvalue weighted by Gasteiger charge is -2.11. The number of carbonyl (C=O) groups excluding carboxylic acids is 1. The van der Waals surface area contributed by atoms with Crippen molar-refractivity contribution in [2.45, 2.75) is 26.3 Å². The lowest BCUT2D eigenvalue weighted by molar-refractivity contribution is -0.0964. The third-order valence-electron chi connectivity index (χ3n) is 2.63. The van der Waals surface area contributed by atoms with Gasteiger partial charge in [0, 0.05) is 28.0 Å². The van der Waals surface area contributed by atoms with Crippen LogP contribution in [-0.2, 0) is 0 Å². The maximum absolute atomic E-state index is 12.5. The maximum atomic E-state index is 12.5. The Morgan fingerprint density at radius 1 is 1.29 bits per heavy atom. The summed E-state index contributed by atoms with van der Waals surface area (Å²) < 4.78 is 29.8. The number of anilines is 1. The molecule has 0 aliphatic carbocycles. The highest BCUT2D eigenvalue weighted by atomic mass is 79.9. The summed E-state index contributed by atoms with van der Waals surface area (Å²) in [4.78, 5) is 16.1. The Kier molecular flexibility index (Phi) is 7.57. The van der Waals surface area contributed by atoms with Gasteiger partial charge in [0.25, 0.3) is 5.91 Å². The fourth-order valence-corrected chi connectivity index (χ4v) is 2.01. The van der Waals surface area contributed by atoms with Crippen molar-refractivity contribution in [3.8, 4) is 5.75 Å². The van der Waals surface area contributed by atoms with E-state index in [0.29, 0.717) is 15.7 Å². The van der Waals surface area contributed by atoms with Gasteiger partial charge in [-0.1, -0.05) is 13.8 Å². The monoisotopic (exact) mass is 420 g/mol. The Balaban J connectivity index is 0.00000139. The maximum Gasteiger partial charge on any atom is 0.487 e. The van der Waals surface area contributed by atoms with Crippen molar-refractivity contribution >= 4 is 39.1 Å². The molecule has 0 aliphatic rings. The van der Waals surface area contributed by atoms with E-state index >= 15 is 0 Å². The summed E-state index contributed by atoms with van der Waals surface area (Å²) in [5.74, 6) is -0.484. The fraction of sp³-hybridized carbons (Fsp3) is 0.250. The number of benzene rings is 1. The first kappa shape index (κ1) is 20.3. The number of ether oxygens (including phenoxy) is 1. The molecule has 0 saturated carbocycles. The predicted molar refractivity (Wildman–Crippen MR) is 93.8 cm³/mol. The van der Waals surface area contributed by atoms with Crippen molar-refractivity contribution in [2.24, 2.45) is 0 Å². The van der Waals surface area contributed by atoms with Crippen molar-refractivity contribution in [3.63, 3.8) is 0 Å². The zero-order valence-corrected chi connectivity index (χ0v) is 15.6. The molecule has 8 heteroatoms. The Hall–Kier alpha value is -1.73. The Morgan fingerprint density at radius 2 is 1.88 bits per heavy atom. The molecule has 130 valence electrons. The van der Waals surface area contributed by atoms with Gasteiger partial charge in [-0.3, -0.25) is 9.78 Å². The Morgan fingerprint density at radius 3 is 2.38 bits per heavy atom. The van der Waals surface area contributed by atoms with Crippen LogP contribution in [-0.4, -0.2) is 16.5 Å². The number of rotatable bonds is 4. The van der Waals surface area contributed by atoms with Crippen molar-refractivity contribution in [2.75, 3.05) is 5.32 Å². The van der Waals surface area contributed by atoms with Crippen molar-refractivity contribution < 1.29 is 18.3 Å². The normalized spacial score (nSPS) is 10.5. The number of nitrogens with zero attached hydrogens (tertiary/aromatic N) is 1. The smallest absolute Gasteiger partial charge is 0.420 e. The van der Waals surface area contributed by atoms with Gasteiger partial charge in [-0.05, 0) is 53.2 Å². The molecular weight excluding hydrogens is 406 g/mol. The summed E-state index contributed by atoms with van der Waals surface area (Å²) in [5.41, 5.74) is -2.22. The van der Waals surface area contributed by atoms with Gasteiger partial charge in [0.1, 0.15) is 5.75 Å². The number of hydrogen-bond acceptors (Lipinski definition) is 3. The molecule has 24 heavy (non-hydrogen) atoms. The van der Waals surface area contributed by atoms with Crippen LogP contribution in [0, 0.1) is 6.92 Å². The van der Waals surface area contributed by atoms with E-state index in [1.54, 1.807) is 13.0 Å². The van der Waals surface area contributed by atoms with E-state index in [1.165, 1.54) is 30.5 Å². The van der Waals surface area contributed by atoms with Crippen LogP contribution >= 0.6 is 27.5 Å². The molecule has 0 atom stereocenters. The molecule has 2 aromatic rings. The number of carbonyl (C=O) groups is 1. The van der Waals surface area contributed by atoms with Crippen LogP contribution in [0.3, 0.4) is 0 Å². The molecule has 1 aromatic carbocycles. The first-order chi connectivity index (χ1) is 11.2. The van der Waals surface area contributed by atoms with Crippen LogP contribution in [0.5, 0.6) is 5.75 Å². The summed E-state index contributed by atoms with van der Waals surface area (Å²) >= 11 is 7.96. The molecule has 0 radical (unpaired) electrons. The molecule has 1 heterocycles. The van der Waals surface area contributed by atoms with Gasteiger partial charge in [-0.15, -0.1) is 8.78 Å². The number of aromatic nitrogens is 1. The zero-order chi connectivity index (χ0) is 18.3.